The van der Waals surface area contributed by atoms with E-state index < -0.39 is 0 Å². The third-order valence-electron chi connectivity index (χ3n) is 3.20. The third-order valence-corrected chi connectivity index (χ3v) is 3.20. The average Bonchev–Trinajstić information content (AvgIpc) is 2.35. The molecule has 0 aliphatic rings. The SMILES string of the molecule is C.C.CCCCCCCC(CCCCC)OCCO. The molecule has 0 bridgehead atoms. The number of rotatable bonds is 13. The van der Waals surface area contributed by atoms with Crippen LogP contribution >= 0.6 is 0 Å². The molecule has 19 heavy (non-hydrogen) atoms. The zero-order chi connectivity index (χ0) is 12.8. The zero-order valence-corrected chi connectivity index (χ0v) is 11.9. The number of ether oxygens (including phenoxy) is 1. The van der Waals surface area contributed by atoms with Gasteiger partial charge in [0.05, 0.1) is 19.3 Å². The van der Waals surface area contributed by atoms with Crippen molar-refractivity contribution in [2.75, 3.05) is 13.2 Å². The van der Waals surface area contributed by atoms with Crippen LogP contribution in [0.5, 0.6) is 0 Å². The van der Waals surface area contributed by atoms with Crippen molar-refractivity contribution in [3.63, 3.8) is 0 Å². The second-order valence-corrected chi connectivity index (χ2v) is 4.92. The van der Waals surface area contributed by atoms with E-state index in [0.717, 1.165) is 0 Å². The minimum absolute atomic E-state index is 0. The summed E-state index contributed by atoms with van der Waals surface area (Å²) in [5, 5.41) is 8.80. The smallest absolute Gasteiger partial charge is 0.0701 e. The van der Waals surface area contributed by atoms with Crippen molar-refractivity contribution in [1.82, 2.24) is 0 Å². The normalized spacial score (nSPS) is 11.5. The van der Waals surface area contributed by atoms with Crippen LogP contribution in [0.1, 0.15) is 92.9 Å². The van der Waals surface area contributed by atoms with E-state index in [1.165, 1.54) is 64.2 Å². The Hall–Kier alpha value is -0.0800. The fraction of sp³-hybridized carbons (Fsp3) is 1.00. The second-order valence-electron chi connectivity index (χ2n) is 4.92. The van der Waals surface area contributed by atoms with Crippen molar-refractivity contribution >= 4 is 0 Å². The highest BCUT2D eigenvalue weighted by Crippen LogP contribution is 2.15. The lowest BCUT2D eigenvalue weighted by atomic mass is 10.0. The van der Waals surface area contributed by atoms with Crippen molar-refractivity contribution in [1.29, 1.82) is 0 Å². The van der Waals surface area contributed by atoms with Crippen LogP contribution in [0.3, 0.4) is 0 Å². The summed E-state index contributed by atoms with van der Waals surface area (Å²) in [5.41, 5.74) is 0. The topological polar surface area (TPSA) is 29.5 Å². The standard InChI is InChI=1S/C15H32O2.2CH4/c1-3-5-7-8-10-12-15(17-14-13-16)11-9-6-4-2;;/h15-16H,3-14H2,1-2H3;2*1H4. The maximum absolute atomic E-state index is 8.80. The first-order valence-electron chi connectivity index (χ1n) is 7.57. The molecule has 0 saturated carbocycles. The van der Waals surface area contributed by atoms with E-state index in [-0.39, 0.29) is 21.5 Å². The average molecular weight is 277 g/mol. The summed E-state index contributed by atoms with van der Waals surface area (Å²) in [6.07, 6.45) is 13.2. The predicted molar refractivity (Wildman–Crippen MR) is 87.8 cm³/mol. The molecule has 0 aromatic carbocycles. The van der Waals surface area contributed by atoms with E-state index in [1.807, 2.05) is 0 Å². The van der Waals surface area contributed by atoms with Gasteiger partial charge in [-0.25, -0.2) is 0 Å². The van der Waals surface area contributed by atoms with Crippen LogP contribution in [0.25, 0.3) is 0 Å². The van der Waals surface area contributed by atoms with Gasteiger partial charge in [-0.05, 0) is 12.8 Å². The molecular formula is C17H40O2. The van der Waals surface area contributed by atoms with Crippen LogP contribution in [-0.4, -0.2) is 24.4 Å². The highest BCUT2D eigenvalue weighted by molar-refractivity contribution is 4.59. The molecule has 2 heteroatoms. The Labute approximate surface area is 122 Å². The van der Waals surface area contributed by atoms with Crippen LogP contribution < -0.4 is 0 Å². The summed E-state index contributed by atoms with van der Waals surface area (Å²) in [6, 6.07) is 0. The van der Waals surface area contributed by atoms with E-state index in [1.54, 1.807) is 0 Å². The molecule has 0 saturated heterocycles. The molecule has 0 aliphatic carbocycles. The van der Waals surface area contributed by atoms with Gasteiger partial charge in [-0.3, -0.25) is 0 Å². The Morgan fingerprint density at radius 1 is 0.789 bits per heavy atom. The molecule has 1 N–H and O–H groups in total. The molecule has 2 nitrogen and oxygen atoms in total. The molecule has 0 fully saturated rings. The second kappa shape index (κ2) is 20.2. The van der Waals surface area contributed by atoms with E-state index in [4.69, 9.17) is 9.84 Å². The fourth-order valence-corrected chi connectivity index (χ4v) is 2.13. The zero-order valence-electron chi connectivity index (χ0n) is 11.9. The van der Waals surface area contributed by atoms with Gasteiger partial charge in [0.25, 0.3) is 0 Å². The van der Waals surface area contributed by atoms with Crippen molar-refractivity contribution in [2.45, 2.75) is 99.0 Å². The van der Waals surface area contributed by atoms with Gasteiger partial charge in [0.2, 0.25) is 0 Å². The minimum Gasteiger partial charge on any atom is -0.394 e. The van der Waals surface area contributed by atoms with Gasteiger partial charge in [0.1, 0.15) is 0 Å². The number of hydrogen-bond acceptors (Lipinski definition) is 2. The molecule has 0 heterocycles. The molecular weight excluding hydrogens is 236 g/mol. The summed E-state index contributed by atoms with van der Waals surface area (Å²) < 4.78 is 5.69. The highest BCUT2D eigenvalue weighted by Gasteiger charge is 2.08. The maximum Gasteiger partial charge on any atom is 0.0701 e. The lowest BCUT2D eigenvalue weighted by Crippen LogP contribution is -2.15. The Morgan fingerprint density at radius 2 is 1.26 bits per heavy atom. The monoisotopic (exact) mass is 276 g/mol. The summed E-state index contributed by atoms with van der Waals surface area (Å²) in [7, 11) is 0. The van der Waals surface area contributed by atoms with Gasteiger partial charge in [0.15, 0.2) is 0 Å². The number of hydrogen-bond donors (Lipinski definition) is 1. The molecule has 0 aromatic heterocycles. The van der Waals surface area contributed by atoms with E-state index in [0.29, 0.717) is 12.7 Å². The Bertz CT molecular complexity index is 137. The lowest BCUT2D eigenvalue weighted by molar-refractivity contribution is 0.0168. The molecule has 0 radical (unpaired) electrons. The van der Waals surface area contributed by atoms with Gasteiger partial charge in [-0.15, -0.1) is 0 Å². The first kappa shape index (κ1) is 24.0. The highest BCUT2D eigenvalue weighted by atomic mass is 16.5. The van der Waals surface area contributed by atoms with E-state index >= 15 is 0 Å². The van der Waals surface area contributed by atoms with Crippen LogP contribution in [0.4, 0.5) is 0 Å². The largest absolute Gasteiger partial charge is 0.394 e. The Balaban J connectivity index is -0.00000128. The van der Waals surface area contributed by atoms with Gasteiger partial charge in [-0.2, -0.15) is 0 Å². The first-order chi connectivity index (χ1) is 8.35. The maximum atomic E-state index is 8.80. The summed E-state index contributed by atoms with van der Waals surface area (Å²) in [6.45, 7) is 5.14. The molecule has 0 amide bonds. The molecule has 120 valence electrons. The Morgan fingerprint density at radius 3 is 1.79 bits per heavy atom. The lowest BCUT2D eigenvalue weighted by Gasteiger charge is -2.17. The quantitative estimate of drug-likeness (QED) is 0.445. The minimum atomic E-state index is 0. The van der Waals surface area contributed by atoms with Crippen molar-refractivity contribution in [3.05, 3.63) is 0 Å². The van der Waals surface area contributed by atoms with E-state index in [9.17, 15) is 0 Å². The molecule has 1 unspecified atom stereocenters. The van der Waals surface area contributed by atoms with Crippen LogP contribution in [-0.2, 0) is 4.74 Å². The summed E-state index contributed by atoms with van der Waals surface area (Å²) >= 11 is 0. The van der Waals surface area contributed by atoms with Crippen LogP contribution in [0.15, 0.2) is 0 Å². The van der Waals surface area contributed by atoms with Crippen LogP contribution in [0.2, 0.25) is 0 Å². The van der Waals surface area contributed by atoms with E-state index in [2.05, 4.69) is 13.8 Å². The number of aliphatic hydroxyl groups excluding tert-OH is 1. The molecule has 0 aromatic rings. The van der Waals surface area contributed by atoms with Gasteiger partial charge in [0, 0.05) is 0 Å². The van der Waals surface area contributed by atoms with Crippen molar-refractivity contribution in [3.8, 4) is 0 Å². The van der Waals surface area contributed by atoms with Crippen molar-refractivity contribution in [2.24, 2.45) is 0 Å². The number of aliphatic hydroxyl groups is 1. The first-order valence-corrected chi connectivity index (χ1v) is 7.57. The molecule has 0 rings (SSSR count). The fourth-order valence-electron chi connectivity index (χ4n) is 2.13. The third kappa shape index (κ3) is 17.9. The van der Waals surface area contributed by atoms with Crippen LogP contribution in [0, 0.1) is 0 Å². The summed E-state index contributed by atoms with van der Waals surface area (Å²) in [4.78, 5) is 0. The predicted octanol–water partition coefficient (Wildman–Crippen LogP) is 5.58. The van der Waals surface area contributed by atoms with Crippen molar-refractivity contribution < 1.29 is 9.84 Å². The van der Waals surface area contributed by atoms with Gasteiger partial charge >= 0.3 is 0 Å². The summed E-state index contributed by atoms with van der Waals surface area (Å²) in [5.74, 6) is 0. The molecule has 1 atom stereocenters. The Kier molecular flexibility index (Phi) is 25.5. The van der Waals surface area contributed by atoms with Gasteiger partial charge < -0.3 is 9.84 Å². The van der Waals surface area contributed by atoms with Gasteiger partial charge in [-0.1, -0.05) is 80.1 Å². The molecule has 0 aliphatic heterocycles. The number of unbranched alkanes of at least 4 members (excludes halogenated alkanes) is 6. The molecule has 0 spiro atoms.